The van der Waals surface area contributed by atoms with Gasteiger partial charge < -0.3 is 9.64 Å². The van der Waals surface area contributed by atoms with Crippen LogP contribution in [-0.2, 0) is 22.4 Å². The number of carbonyl (C=O) groups excluding carboxylic acids is 2. The third-order valence-electron chi connectivity index (χ3n) is 3.67. The molecule has 20 heavy (non-hydrogen) atoms. The number of methoxy groups -OCH3 is 1. The number of fused-ring (bicyclic) bond motifs is 1. The average molecular weight is 295 g/mol. The lowest BCUT2D eigenvalue weighted by Gasteiger charge is -2.18. The van der Waals surface area contributed by atoms with Crippen LogP contribution in [-0.4, -0.2) is 37.0 Å². The van der Waals surface area contributed by atoms with Gasteiger partial charge in [-0.1, -0.05) is 6.42 Å². The Bertz CT molecular complexity index is 472. The van der Waals surface area contributed by atoms with E-state index in [4.69, 9.17) is 0 Å². The number of amides is 1. The molecule has 1 aromatic heterocycles. The van der Waals surface area contributed by atoms with Crippen molar-refractivity contribution in [3.63, 3.8) is 0 Å². The van der Waals surface area contributed by atoms with Crippen LogP contribution in [0.5, 0.6) is 0 Å². The Morgan fingerprint density at radius 2 is 2.05 bits per heavy atom. The number of nitrogens with zero attached hydrogens (tertiary/aromatic N) is 1. The van der Waals surface area contributed by atoms with E-state index in [9.17, 15) is 9.59 Å². The Morgan fingerprint density at radius 3 is 2.75 bits per heavy atom. The van der Waals surface area contributed by atoms with E-state index >= 15 is 0 Å². The fourth-order valence-corrected chi connectivity index (χ4v) is 3.70. The number of esters is 1. The molecule has 0 saturated heterocycles. The molecule has 1 aliphatic carbocycles. The van der Waals surface area contributed by atoms with Crippen LogP contribution in [0.25, 0.3) is 0 Å². The summed E-state index contributed by atoms with van der Waals surface area (Å²) in [6.45, 7) is 2.41. The molecule has 0 aliphatic heterocycles. The van der Waals surface area contributed by atoms with Crippen LogP contribution in [0, 0.1) is 0 Å². The van der Waals surface area contributed by atoms with Gasteiger partial charge in [0.2, 0.25) is 0 Å². The van der Waals surface area contributed by atoms with E-state index in [-0.39, 0.29) is 18.4 Å². The second kappa shape index (κ2) is 6.88. The van der Waals surface area contributed by atoms with Gasteiger partial charge in [0, 0.05) is 11.4 Å². The normalized spacial score (nSPS) is 14.3. The molecule has 5 heteroatoms. The van der Waals surface area contributed by atoms with Crippen LogP contribution < -0.4 is 0 Å². The first kappa shape index (κ1) is 15.0. The number of likely N-dealkylation sites (N-methyl/N-ethyl adjacent to an activating group) is 1. The zero-order valence-corrected chi connectivity index (χ0v) is 12.9. The lowest BCUT2D eigenvalue weighted by Crippen LogP contribution is -2.35. The van der Waals surface area contributed by atoms with Gasteiger partial charge in [0.1, 0.15) is 6.54 Å². The molecule has 1 heterocycles. The van der Waals surface area contributed by atoms with Crippen molar-refractivity contribution in [2.45, 2.75) is 39.0 Å². The zero-order valence-electron chi connectivity index (χ0n) is 12.1. The fourth-order valence-electron chi connectivity index (χ4n) is 2.48. The zero-order chi connectivity index (χ0) is 14.5. The number of thiophene rings is 1. The van der Waals surface area contributed by atoms with E-state index < -0.39 is 0 Å². The molecule has 1 aliphatic rings. The molecule has 4 nitrogen and oxygen atoms in total. The summed E-state index contributed by atoms with van der Waals surface area (Å²) in [4.78, 5) is 27.4. The van der Waals surface area contributed by atoms with Gasteiger partial charge in [-0.2, -0.15) is 0 Å². The summed E-state index contributed by atoms with van der Waals surface area (Å²) in [7, 11) is 1.34. The molecule has 0 saturated carbocycles. The second-order valence-electron chi connectivity index (χ2n) is 5.02. The van der Waals surface area contributed by atoms with Crippen LogP contribution in [0.3, 0.4) is 0 Å². The summed E-state index contributed by atoms with van der Waals surface area (Å²) in [5.41, 5.74) is 1.32. The first-order valence-electron chi connectivity index (χ1n) is 7.13. The summed E-state index contributed by atoms with van der Waals surface area (Å²) in [6.07, 6.45) is 5.84. The Balaban J connectivity index is 2.13. The minimum Gasteiger partial charge on any atom is -0.468 e. The molecule has 0 fully saturated rings. The van der Waals surface area contributed by atoms with E-state index in [1.165, 1.54) is 41.7 Å². The summed E-state index contributed by atoms with van der Waals surface area (Å²) >= 11 is 1.59. The van der Waals surface area contributed by atoms with Gasteiger partial charge in [0.25, 0.3) is 5.91 Å². The maximum Gasteiger partial charge on any atom is 0.325 e. The molecule has 2 rings (SSSR count). The molecule has 1 amide bonds. The predicted octanol–water partition coefficient (Wildman–Crippen LogP) is 2.65. The van der Waals surface area contributed by atoms with Crippen molar-refractivity contribution in [3.8, 4) is 0 Å². The lowest BCUT2D eigenvalue weighted by atomic mass is 10.1. The SMILES string of the molecule is CCN(CC(=O)OC)C(=O)c1cc2c(s1)CCCCC2. The van der Waals surface area contributed by atoms with Gasteiger partial charge >= 0.3 is 5.97 Å². The summed E-state index contributed by atoms with van der Waals surface area (Å²) < 4.78 is 4.64. The van der Waals surface area contributed by atoms with Crippen molar-refractivity contribution < 1.29 is 14.3 Å². The molecule has 0 spiro atoms. The van der Waals surface area contributed by atoms with Crippen molar-refractivity contribution >= 4 is 23.2 Å². The molecule has 0 aromatic carbocycles. The largest absolute Gasteiger partial charge is 0.468 e. The predicted molar refractivity (Wildman–Crippen MR) is 79.2 cm³/mol. The average Bonchev–Trinajstić information content (AvgIpc) is 2.74. The quantitative estimate of drug-likeness (QED) is 0.634. The van der Waals surface area contributed by atoms with E-state index in [1.807, 2.05) is 13.0 Å². The third kappa shape index (κ3) is 3.39. The van der Waals surface area contributed by atoms with E-state index in [1.54, 1.807) is 11.3 Å². The van der Waals surface area contributed by atoms with Crippen LogP contribution in [0.1, 0.15) is 46.3 Å². The van der Waals surface area contributed by atoms with Gasteiger partial charge in [-0.15, -0.1) is 11.3 Å². The highest BCUT2D eigenvalue weighted by Gasteiger charge is 2.22. The molecule has 0 radical (unpaired) electrons. The maximum absolute atomic E-state index is 12.5. The van der Waals surface area contributed by atoms with Crippen LogP contribution in [0.2, 0.25) is 0 Å². The Hall–Kier alpha value is -1.36. The van der Waals surface area contributed by atoms with Gasteiger partial charge in [0.05, 0.1) is 12.0 Å². The van der Waals surface area contributed by atoms with E-state index in [0.29, 0.717) is 6.54 Å². The highest BCUT2D eigenvalue weighted by Crippen LogP contribution is 2.29. The molecule has 1 aromatic rings. The highest BCUT2D eigenvalue weighted by atomic mass is 32.1. The van der Waals surface area contributed by atoms with Gasteiger partial charge in [0.15, 0.2) is 0 Å². The standard InChI is InChI=1S/C15H21NO3S/c1-3-16(10-14(17)19-2)15(18)13-9-11-7-5-4-6-8-12(11)20-13/h9H,3-8,10H2,1-2H3. The molecule has 0 unspecified atom stereocenters. The third-order valence-corrected chi connectivity index (χ3v) is 4.90. The first-order chi connectivity index (χ1) is 9.65. The van der Waals surface area contributed by atoms with Crippen molar-refractivity contribution in [2.75, 3.05) is 20.2 Å². The van der Waals surface area contributed by atoms with Crippen LogP contribution in [0.4, 0.5) is 0 Å². The van der Waals surface area contributed by atoms with E-state index in [2.05, 4.69) is 4.74 Å². The Kier molecular flexibility index (Phi) is 5.17. The Morgan fingerprint density at radius 1 is 1.30 bits per heavy atom. The molecular formula is C15H21NO3S. The number of aryl methyl sites for hydroxylation is 2. The van der Waals surface area contributed by atoms with Crippen molar-refractivity contribution in [2.24, 2.45) is 0 Å². The highest BCUT2D eigenvalue weighted by molar-refractivity contribution is 7.14. The second-order valence-corrected chi connectivity index (χ2v) is 6.15. The first-order valence-corrected chi connectivity index (χ1v) is 7.95. The molecule has 110 valence electrons. The fraction of sp³-hybridized carbons (Fsp3) is 0.600. The van der Waals surface area contributed by atoms with Crippen LogP contribution in [0.15, 0.2) is 6.07 Å². The Labute approximate surface area is 123 Å². The smallest absolute Gasteiger partial charge is 0.325 e. The van der Waals surface area contributed by atoms with Gasteiger partial charge in [-0.25, -0.2) is 0 Å². The lowest BCUT2D eigenvalue weighted by molar-refractivity contribution is -0.141. The minimum absolute atomic E-state index is 0.0222. The summed E-state index contributed by atoms with van der Waals surface area (Å²) in [5.74, 6) is -0.436. The molecule has 0 atom stereocenters. The van der Waals surface area contributed by atoms with Crippen molar-refractivity contribution in [3.05, 3.63) is 21.4 Å². The molecule has 0 N–H and O–H groups in total. The summed E-state index contributed by atoms with van der Waals surface area (Å²) in [6, 6.07) is 2.02. The number of hydrogen-bond acceptors (Lipinski definition) is 4. The van der Waals surface area contributed by atoms with E-state index in [0.717, 1.165) is 17.7 Å². The molecular weight excluding hydrogens is 274 g/mol. The number of carbonyl (C=O) groups is 2. The number of rotatable bonds is 4. The van der Waals surface area contributed by atoms with Crippen molar-refractivity contribution in [1.29, 1.82) is 0 Å². The molecule has 0 bridgehead atoms. The topological polar surface area (TPSA) is 46.6 Å². The van der Waals surface area contributed by atoms with Crippen molar-refractivity contribution in [1.82, 2.24) is 4.90 Å². The maximum atomic E-state index is 12.5. The number of ether oxygens (including phenoxy) is 1. The summed E-state index contributed by atoms with van der Waals surface area (Å²) in [5, 5.41) is 0. The minimum atomic E-state index is -0.377. The van der Waals surface area contributed by atoms with Crippen LogP contribution >= 0.6 is 11.3 Å². The number of hydrogen-bond donors (Lipinski definition) is 0. The monoisotopic (exact) mass is 295 g/mol. The van der Waals surface area contributed by atoms with Gasteiger partial charge in [-0.3, -0.25) is 9.59 Å². The van der Waals surface area contributed by atoms with Gasteiger partial charge in [-0.05, 0) is 44.2 Å².